The first kappa shape index (κ1) is 59.1. The largest absolute Gasteiger partial charge is 0.391 e. The highest BCUT2D eigenvalue weighted by atomic mass is 35.5. The molecule has 4 heterocycles. The van der Waals surface area contributed by atoms with Gasteiger partial charge in [-0.2, -0.15) is 5.10 Å². The highest BCUT2D eigenvalue weighted by Gasteiger charge is 2.44. The van der Waals surface area contributed by atoms with Crippen molar-refractivity contribution in [3.8, 4) is 33.0 Å². The molecule has 3 aromatic heterocycles. The number of carbonyl (C=O) groups excluding carboxylic acids is 4. The smallest absolute Gasteiger partial charge is 0.246 e. The quantitative estimate of drug-likeness (QED) is 0.0381. The number of nitrogens with zero attached hydrogens (tertiary/aromatic N) is 6. The highest BCUT2D eigenvalue weighted by Crippen LogP contribution is 2.37. The third-order valence-electron chi connectivity index (χ3n) is 11.9. The van der Waals surface area contributed by atoms with Crippen LogP contribution in [0.25, 0.3) is 33.0 Å². The molecule has 4 amide bonds. The lowest BCUT2D eigenvalue weighted by Crippen LogP contribution is -2.58. The lowest BCUT2D eigenvalue weighted by atomic mass is 9.85. The lowest BCUT2D eigenvalue weighted by Gasteiger charge is -2.35. The SMILES string of the molecule is Cc1ncsc1-c1ccc(CNC(=O)C2CC(O)CN2C(=O)C(NC(=O)COCCOCCOCCC(=O)NC(C)CNc2nccc(-c3cn(C(C)C)nc3-c3cc(Cl)cc(NS(C)(=O)=O)c3F)n2)C(C)(C)C)cc1. The van der Waals surface area contributed by atoms with E-state index in [9.17, 15) is 32.7 Å². The average Bonchev–Trinajstić information content (AvgIpc) is 4.11. The predicted octanol–water partition coefficient (Wildman–Crippen LogP) is 5.35. The monoisotopic (exact) mass is 1110 g/mol. The lowest BCUT2D eigenvalue weighted by molar-refractivity contribution is -0.144. The summed E-state index contributed by atoms with van der Waals surface area (Å²) in [6.45, 7) is 13.9. The number of aromatic nitrogens is 5. The van der Waals surface area contributed by atoms with Crippen molar-refractivity contribution < 1.29 is 51.3 Å². The van der Waals surface area contributed by atoms with Gasteiger partial charge in [-0.1, -0.05) is 56.6 Å². The number of sulfonamides is 1. The second-order valence-electron chi connectivity index (χ2n) is 19.7. The van der Waals surface area contributed by atoms with E-state index in [2.05, 4.69) is 46.0 Å². The molecular weight excluding hydrogens is 1050 g/mol. The van der Waals surface area contributed by atoms with Crippen LogP contribution in [0.4, 0.5) is 16.0 Å². The fourth-order valence-corrected chi connectivity index (χ4v) is 9.64. The van der Waals surface area contributed by atoms with Gasteiger partial charge < -0.3 is 45.5 Å². The zero-order chi connectivity index (χ0) is 55.3. The van der Waals surface area contributed by atoms with Gasteiger partial charge in [-0.15, -0.1) is 11.3 Å². The highest BCUT2D eigenvalue weighted by molar-refractivity contribution is 7.92. The topological polar surface area (TPSA) is 270 Å². The number of benzene rings is 2. The minimum absolute atomic E-state index is 0.0282. The Hall–Kier alpha value is -6.15. The van der Waals surface area contributed by atoms with Crippen molar-refractivity contribution in [3.05, 3.63) is 82.5 Å². The first-order valence-corrected chi connectivity index (χ1v) is 27.8. The molecule has 76 heavy (non-hydrogen) atoms. The number of β-amino-alcohol motifs (C(OH)–C–C–N with tert-alkyl or cyclic N) is 1. The van der Waals surface area contributed by atoms with Crippen LogP contribution in [0.1, 0.15) is 71.7 Å². The number of thiazole rings is 1. The van der Waals surface area contributed by atoms with Crippen LogP contribution < -0.4 is 26.0 Å². The van der Waals surface area contributed by atoms with Crippen LogP contribution in [0.5, 0.6) is 0 Å². The number of aryl methyl sites for hydroxylation is 1. The third kappa shape index (κ3) is 16.9. The Balaban J connectivity index is 0.862. The third-order valence-corrected chi connectivity index (χ3v) is 13.7. The van der Waals surface area contributed by atoms with Gasteiger partial charge in [-0.25, -0.2) is 27.8 Å². The fourth-order valence-electron chi connectivity index (χ4n) is 8.07. The van der Waals surface area contributed by atoms with Crippen molar-refractivity contribution in [3.63, 3.8) is 0 Å². The van der Waals surface area contributed by atoms with Crippen molar-refractivity contribution in [2.45, 2.75) is 98.1 Å². The van der Waals surface area contributed by atoms with Gasteiger partial charge in [0, 0.05) is 73.1 Å². The summed E-state index contributed by atoms with van der Waals surface area (Å²) < 4.78 is 60.1. The van der Waals surface area contributed by atoms with Gasteiger partial charge in [0.2, 0.25) is 39.6 Å². The number of halogens is 2. The van der Waals surface area contributed by atoms with Crippen molar-refractivity contribution in [1.29, 1.82) is 0 Å². The van der Waals surface area contributed by atoms with Crippen LogP contribution in [0.15, 0.2) is 60.4 Å². The van der Waals surface area contributed by atoms with Crippen molar-refractivity contribution in [1.82, 2.24) is 45.6 Å². The molecule has 1 fully saturated rings. The Labute approximate surface area is 451 Å². The minimum Gasteiger partial charge on any atom is -0.391 e. The number of hydrogen-bond donors (Lipinski definition) is 6. The van der Waals surface area contributed by atoms with Gasteiger partial charge in [0.25, 0.3) is 0 Å². The molecule has 1 saturated heterocycles. The Morgan fingerprint density at radius 3 is 2.30 bits per heavy atom. The molecule has 6 rings (SSSR count). The van der Waals surface area contributed by atoms with Crippen LogP contribution >= 0.6 is 22.9 Å². The van der Waals surface area contributed by atoms with E-state index in [-0.39, 0.29) is 118 Å². The summed E-state index contributed by atoms with van der Waals surface area (Å²) in [6.07, 6.45) is 3.40. The van der Waals surface area contributed by atoms with Gasteiger partial charge in [0.15, 0.2) is 5.82 Å². The molecule has 412 valence electrons. The molecule has 0 saturated carbocycles. The summed E-state index contributed by atoms with van der Waals surface area (Å²) in [7, 11) is -3.82. The van der Waals surface area contributed by atoms with Crippen molar-refractivity contribution in [2.75, 3.05) is 69.0 Å². The molecule has 6 N–H and O–H groups in total. The number of aliphatic hydroxyl groups is 1. The van der Waals surface area contributed by atoms with E-state index in [0.717, 1.165) is 28.0 Å². The minimum atomic E-state index is -3.82. The van der Waals surface area contributed by atoms with Crippen LogP contribution in [-0.2, 0) is 50.0 Å². The zero-order valence-electron chi connectivity index (χ0n) is 43.8. The molecule has 0 bridgehead atoms. The van der Waals surface area contributed by atoms with E-state index in [0.29, 0.717) is 11.3 Å². The maximum Gasteiger partial charge on any atom is 0.246 e. The first-order valence-electron chi connectivity index (χ1n) is 24.7. The molecule has 0 aliphatic carbocycles. The molecule has 4 unspecified atom stereocenters. The number of aliphatic hydroxyl groups excluding tert-OH is 1. The number of amides is 4. The molecule has 0 spiro atoms. The standard InChI is InChI=1S/C51H67ClFN11O10S2/c1-30(2)64-27-38(45(61-64)37-21-35(52)22-40(44(37)53)62-76(8,70)71)39-13-15-54-50(59-39)56-24-31(3)58-42(66)14-16-72-17-18-73-19-20-74-28-43(67)60-47(51(5,6)7)49(69)63-26-36(65)23-41(63)48(68)55-25-33-9-11-34(12-10-33)46-32(4)57-29-75-46/h9-13,15,21-22,27,29-31,36,41,47,62,65H,14,16-20,23-26,28H2,1-8H3,(H,55,68)(H,58,66)(H,60,67)(H,54,56,59). The predicted molar refractivity (Wildman–Crippen MR) is 287 cm³/mol. The molecular formula is C51H67ClFN11O10S2. The Kier molecular flexibility index (Phi) is 20.8. The van der Waals surface area contributed by atoms with E-state index < -0.39 is 57.2 Å². The number of carbonyl (C=O) groups is 4. The van der Waals surface area contributed by atoms with Gasteiger partial charge >= 0.3 is 0 Å². The normalized spacial score (nSPS) is 15.6. The van der Waals surface area contributed by atoms with Crippen LogP contribution in [-0.4, -0.2) is 150 Å². The van der Waals surface area contributed by atoms with E-state index in [4.69, 9.17) is 25.8 Å². The van der Waals surface area contributed by atoms with Gasteiger partial charge in [-0.05, 0) is 62.4 Å². The molecule has 5 aromatic rings. The number of rotatable bonds is 26. The Bertz CT molecular complexity index is 2920. The number of hydrogen-bond acceptors (Lipinski definition) is 16. The van der Waals surface area contributed by atoms with Gasteiger partial charge in [-0.3, -0.25) is 28.6 Å². The van der Waals surface area contributed by atoms with Gasteiger partial charge in [0.05, 0.1) is 72.9 Å². The average molecular weight is 1110 g/mol. The van der Waals surface area contributed by atoms with E-state index >= 15 is 4.39 Å². The number of ether oxygens (including phenoxy) is 3. The van der Waals surface area contributed by atoms with Crippen molar-refractivity contribution >= 4 is 68.2 Å². The van der Waals surface area contributed by atoms with E-state index in [1.807, 2.05) is 45.0 Å². The number of likely N-dealkylation sites (tertiary alicyclic amines) is 1. The second kappa shape index (κ2) is 26.8. The van der Waals surface area contributed by atoms with E-state index in [1.54, 1.807) is 61.5 Å². The molecule has 4 atom stereocenters. The molecule has 2 aromatic carbocycles. The van der Waals surface area contributed by atoms with Crippen LogP contribution in [0, 0.1) is 18.2 Å². The van der Waals surface area contributed by atoms with Gasteiger partial charge in [0.1, 0.15) is 24.4 Å². The maximum absolute atomic E-state index is 15.8. The molecule has 1 aliphatic rings. The molecule has 0 radical (unpaired) electrons. The summed E-state index contributed by atoms with van der Waals surface area (Å²) in [5, 5.41) is 26.9. The summed E-state index contributed by atoms with van der Waals surface area (Å²) in [5.41, 5.74) is 4.60. The molecule has 1 aliphatic heterocycles. The van der Waals surface area contributed by atoms with Crippen LogP contribution in [0.2, 0.25) is 5.02 Å². The van der Waals surface area contributed by atoms with Crippen LogP contribution in [0.3, 0.4) is 0 Å². The Morgan fingerprint density at radius 2 is 1.64 bits per heavy atom. The van der Waals surface area contributed by atoms with Crippen molar-refractivity contribution in [2.24, 2.45) is 5.41 Å². The summed E-state index contributed by atoms with van der Waals surface area (Å²) in [5.74, 6) is -2.27. The summed E-state index contributed by atoms with van der Waals surface area (Å²) >= 11 is 7.86. The van der Waals surface area contributed by atoms with E-state index in [1.165, 1.54) is 23.2 Å². The Morgan fingerprint density at radius 1 is 0.947 bits per heavy atom. The molecule has 25 heteroatoms. The molecule has 21 nitrogen and oxygen atoms in total. The summed E-state index contributed by atoms with van der Waals surface area (Å²) in [4.78, 5) is 68.7. The maximum atomic E-state index is 15.8. The number of anilines is 2. The second-order valence-corrected chi connectivity index (χ2v) is 22.8. The zero-order valence-corrected chi connectivity index (χ0v) is 46.2. The number of nitrogens with one attached hydrogen (secondary N) is 5. The fraction of sp³-hybridized carbons (Fsp3) is 0.490. The summed E-state index contributed by atoms with van der Waals surface area (Å²) in [6, 6.07) is 9.60. The first-order chi connectivity index (χ1) is 36.0.